The number of nitrogens with zero attached hydrogens (tertiary/aromatic N) is 6. The largest absolute Gasteiger partial charge is 0.490 e. The number of H-pyrrole nitrogens is 1. The van der Waals surface area contributed by atoms with E-state index in [9.17, 15) is 38.0 Å². The van der Waals surface area contributed by atoms with Gasteiger partial charge in [-0.3, -0.25) is 43.6 Å². The number of aliphatic carboxylic acids is 1. The number of aryl methyl sites for hydroxylation is 1. The van der Waals surface area contributed by atoms with Gasteiger partial charge in [0.2, 0.25) is 35.4 Å². The Balaban J connectivity index is 0.000000156. The van der Waals surface area contributed by atoms with Crippen molar-refractivity contribution in [3.8, 4) is 50.8 Å². The van der Waals surface area contributed by atoms with Crippen LogP contribution in [0.15, 0.2) is 116 Å². The van der Waals surface area contributed by atoms with Crippen LogP contribution in [0.1, 0.15) is 84.5 Å². The van der Waals surface area contributed by atoms with Crippen LogP contribution in [0.4, 0.5) is 26.0 Å². The maximum atomic E-state index is 15.0. The molecule has 30 heteroatoms. The molecule has 3 saturated heterocycles. The average molecular weight is 1430 g/mol. The number of nitrogens with two attached hydrogens (primary N) is 3. The van der Waals surface area contributed by atoms with Crippen LogP contribution < -0.4 is 52.7 Å². The van der Waals surface area contributed by atoms with Crippen LogP contribution in [0.3, 0.4) is 0 Å². The molecule has 0 radical (unpaired) electrons. The minimum atomic E-state index is -1.39. The molecule has 550 valence electrons. The van der Waals surface area contributed by atoms with Crippen LogP contribution in [-0.2, 0) is 53.1 Å². The molecule has 14 N–H and O–H groups in total. The summed E-state index contributed by atoms with van der Waals surface area (Å²) in [6.07, 6.45) is 4.27. The number of pyridine rings is 2. The number of alkyl halides is 2. The summed E-state index contributed by atoms with van der Waals surface area (Å²) in [6.45, 7) is 3.64. The van der Waals surface area contributed by atoms with Crippen molar-refractivity contribution in [3.63, 3.8) is 0 Å². The van der Waals surface area contributed by atoms with Gasteiger partial charge in [-0.25, -0.2) is 18.7 Å². The Morgan fingerprint density at radius 3 is 1.74 bits per heavy atom. The van der Waals surface area contributed by atoms with E-state index < -0.39 is 60.8 Å². The highest BCUT2D eigenvalue weighted by atomic mass is 19.1. The lowest BCUT2D eigenvalue weighted by atomic mass is 10.0. The van der Waals surface area contributed by atoms with Crippen molar-refractivity contribution in [2.75, 3.05) is 75.1 Å². The van der Waals surface area contributed by atoms with Gasteiger partial charge in [-0.15, -0.1) is 5.10 Å². The second-order valence-electron chi connectivity index (χ2n) is 26.4. The molecule has 6 aliphatic rings. The third-order valence-corrected chi connectivity index (χ3v) is 18.8. The monoisotopic (exact) mass is 1430 g/mol. The van der Waals surface area contributed by atoms with E-state index in [0.29, 0.717) is 110 Å². The molecule has 0 unspecified atom stereocenters. The van der Waals surface area contributed by atoms with Gasteiger partial charge in [-0.05, 0) is 134 Å². The highest BCUT2D eigenvalue weighted by Gasteiger charge is 2.49. The predicted molar refractivity (Wildman–Crippen MR) is 377 cm³/mol. The zero-order valence-electron chi connectivity index (χ0n) is 57.4. The Morgan fingerprint density at radius 1 is 0.596 bits per heavy atom. The van der Waals surface area contributed by atoms with Crippen molar-refractivity contribution in [2.24, 2.45) is 46.8 Å². The van der Waals surface area contributed by atoms with Gasteiger partial charge in [-0.1, -0.05) is 24.3 Å². The van der Waals surface area contributed by atoms with Gasteiger partial charge in [-0.2, -0.15) is 0 Å². The molecular weight excluding hydrogens is 1350 g/mol. The summed E-state index contributed by atoms with van der Waals surface area (Å²) in [4.78, 5) is 99.4. The van der Waals surface area contributed by atoms with E-state index in [-0.39, 0.29) is 92.6 Å². The first kappa shape index (κ1) is 74.8. The fraction of sp³-hybridized carbons (Fsp3) is 0.419. The smallest absolute Gasteiger partial charge is 0.307 e. The Labute approximate surface area is 598 Å². The van der Waals surface area contributed by atoms with Gasteiger partial charge in [0, 0.05) is 117 Å². The van der Waals surface area contributed by atoms with E-state index in [1.54, 1.807) is 61.8 Å². The third-order valence-electron chi connectivity index (χ3n) is 18.8. The summed E-state index contributed by atoms with van der Waals surface area (Å²) in [5, 5.41) is 44.4. The summed E-state index contributed by atoms with van der Waals surface area (Å²) < 4.78 is 53.1. The van der Waals surface area contributed by atoms with Gasteiger partial charge in [0.25, 0.3) is 5.91 Å². The quantitative estimate of drug-likeness (QED) is 0.0338. The van der Waals surface area contributed by atoms with Gasteiger partial charge in [0.05, 0.1) is 62.3 Å². The first-order valence-electron chi connectivity index (χ1n) is 34.8. The topological polar surface area (TPSA) is 417 Å². The molecule has 6 amide bonds. The lowest BCUT2D eigenvalue weighted by Crippen LogP contribution is -2.50. The fourth-order valence-electron chi connectivity index (χ4n) is 12.5. The number of ether oxygens (including phenoxy) is 4. The number of carbonyl (C=O) groups excluding carboxylic acids is 6. The number of amides is 6. The van der Waals surface area contributed by atoms with Gasteiger partial charge >= 0.3 is 5.97 Å². The van der Waals surface area contributed by atoms with Gasteiger partial charge in [0.15, 0.2) is 12.3 Å². The van der Waals surface area contributed by atoms with E-state index in [4.69, 9.17) is 51.5 Å². The number of carboxylic acids is 1. The molecule has 3 aliphatic carbocycles. The first-order valence-corrected chi connectivity index (χ1v) is 34.8. The second kappa shape index (κ2) is 34.7. The molecular formula is C74H86F2N14O14. The minimum absolute atomic E-state index is 0.0304. The number of rotatable bonds is 24. The molecule has 0 spiro atoms. The van der Waals surface area contributed by atoms with E-state index in [2.05, 4.69) is 46.4 Å². The Bertz CT molecular complexity index is 4230. The first-order chi connectivity index (χ1) is 50.3. The number of hydrogen-bond acceptors (Lipinski definition) is 20. The number of carboxylic acid groups (broad SMARTS) is 1. The van der Waals surface area contributed by atoms with Gasteiger partial charge < -0.3 is 82.5 Å². The molecule has 6 fully saturated rings. The minimum Gasteiger partial charge on any atom is -0.490 e. The number of carbonyl (C=O) groups is 7. The summed E-state index contributed by atoms with van der Waals surface area (Å²) in [7, 11) is 0. The highest BCUT2D eigenvalue weighted by molar-refractivity contribution is 6.00. The van der Waals surface area contributed by atoms with Crippen molar-refractivity contribution in [2.45, 2.75) is 109 Å². The van der Waals surface area contributed by atoms with Crippen molar-refractivity contribution >= 4 is 58.6 Å². The molecule has 3 aromatic heterocycles. The zero-order chi connectivity index (χ0) is 73.6. The Kier molecular flexibility index (Phi) is 25.0. The third kappa shape index (κ3) is 19.5. The van der Waals surface area contributed by atoms with Crippen LogP contribution in [0.25, 0.3) is 33.5 Å². The number of piperidine rings is 2. The standard InChI is InChI=1S/C25H28FN7O3.C25H28FN3O6.C24H30N4O5/c1-14-29-23(32-31-14)25(35)33-9-7-22(19(26)13-33)36-21-5-4-16(10-17(21)12-27)20-11-18(6-8-28-20)30-24(34)15-2-3-15;26-20-12-29(23(31)13-30)7-6-22(20)35-21-5-4-15(8-16(21)11-27)14-2-1-3-17(9-14)28-24(32)18-10-19(18)25(33)34;25-14-17-11-15(1-2-21(17)33-18-4-9-32-10-5-18)16-3-6-26-22(12-16)28-24(31)20-13-19(20)23(30)27-7-8-29/h4-6,8,10-11,15,19,22H,2-3,7,9,12-13,27H2,1H3,(H,28,30,34)(H,29,31,32);1-5,8-9,18-20,22,30H,6-7,10-13,27H2,(H,28,32)(H,33,34);1-3,6,11-12,18-20,29H,4-5,7-10,13-14,25H2,(H,27,30)(H,26,28,31)/t19-,22+;18-,19+,20-,22+;19-,20-/m111/s1. The van der Waals surface area contributed by atoms with Crippen molar-refractivity contribution in [1.29, 1.82) is 0 Å². The number of aliphatic hydroxyl groups is 2. The number of aromatic nitrogens is 5. The summed E-state index contributed by atoms with van der Waals surface area (Å²) >= 11 is 0. The average Bonchev–Trinajstić information content (AvgIpc) is 1.66. The number of aromatic amines is 1. The maximum absolute atomic E-state index is 15.0. The fourth-order valence-corrected chi connectivity index (χ4v) is 12.5. The van der Waals surface area contributed by atoms with Gasteiger partial charge in [0.1, 0.15) is 53.8 Å². The number of likely N-dealkylation sites (tertiary alicyclic amines) is 2. The molecule has 4 aromatic carbocycles. The molecule has 28 nitrogen and oxygen atoms in total. The Morgan fingerprint density at radius 2 is 1.14 bits per heavy atom. The highest BCUT2D eigenvalue weighted by Crippen LogP contribution is 2.42. The van der Waals surface area contributed by atoms with Crippen LogP contribution in [0.5, 0.6) is 17.2 Å². The summed E-state index contributed by atoms with van der Waals surface area (Å²) in [5.74, 6) is -1.61. The molecule has 104 heavy (non-hydrogen) atoms. The number of nitrogens with one attached hydrogen (secondary N) is 5. The van der Waals surface area contributed by atoms with Crippen molar-refractivity contribution in [3.05, 3.63) is 144 Å². The normalized spacial score (nSPS) is 21.1. The van der Waals surface area contributed by atoms with E-state index in [0.717, 1.165) is 64.8 Å². The van der Waals surface area contributed by atoms with Crippen LogP contribution in [-0.4, -0.2) is 181 Å². The Hall–Kier alpha value is -10.4. The summed E-state index contributed by atoms with van der Waals surface area (Å²) in [5.41, 5.74) is 26.4. The molecule has 6 heterocycles. The zero-order valence-corrected chi connectivity index (χ0v) is 57.4. The number of hydrogen-bond donors (Lipinski definition) is 11. The molecule has 0 bridgehead atoms. The number of benzene rings is 4. The number of aliphatic hydroxyl groups excluding tert-OH is 2. The van der Waals surface area contributed by atoms with Crippen molar-refractivity contribution in [1.82, 2.24) is 40.3 Å². The number of anilines is 3. The number of halogens is 2. The summed E-state index contributed by atoms with van der Waals surface area (Å²) in [6, 6.07) is 31.2. The van der Waals surface area contributed by atoms with Crippen LogP contribution >= 0.6 is 0 Å². The molecule has 3 aliphatic heterocycles. The lowest BCUT2D eigenvalue weighted by molar-refractivity contribution is -0.140. The molecule has 13 rings (SSSR count). The lowest BCUT2D eigenvalue weighted by Gasteiger charge is -2.34. The molecule has 7 aromatic rings. The van der Waals surface area contributed by atoms with Crippen LogP contribution in [0.2, 0.25) is 0 Å². The molecule has 3 saturated carbocycles. The van der Waals surface area contributed by atoms with E-state index in [1.165, 1.54) is 9.80 Å². The SMILES string of the molecule is Cc1nc(C(=O)N2CC[C@H](Oc3ccc(-c4cc(NC(=O)C5CC5)ccn4)cc3CN)[C@H](F)C2)n[nH]1.NCc1cc(-c2cccc(NC(=O)[C@@H]3C[C@@H]3C(=O)O)c2)ccc1O[C@H]1CCN(C(=O)CO)C[C@H]1F.NCc1cc(-c2ccnc(NC(=O)[C@@H]3C[C@H]3C(=O)NCCO)c2)ccc1OC1CCOCC1. The second-order valence-corrected chi connectivity index (χ2v) is 26.4. The molecule has 8 atom stereocenters. The van der Waals surface area contributed by atoms with Crippen LogP contribution in [0, 0.1) is 36.5 Å². The predicted octanol–water partition coefficient (Wildman–Crippen LogP) is 5.84. The van der Waals surface area contributed by atoms with Crippen molar-refractivity contribution < 1.29 is 76.6 Å². The van der Waals surface area contributed by atoms with E-state index >= 15 is 4.39 Å². The van der Waals surface area contributed by atoms with E-state index in [1.807, 2.05) is 60.7 Å². The maximum Gasteiger partial charge on any atom is 0.307 e.